The second kappa shape index (κ2) is 7.50. The molecule has 2 aromatic rings. The third kappa shape index (κ3) is 3.67. The zero-order chi connectivity index (χ0) is 17.1. The van der Waals surface area contributed by atoms with Crippen LogP contribution in [0.1, 0.15) is 25.0 Å². The molecule has 0 unspecified atom stereocenters. The number of fused-ring (bicyclic) bond motifs is 1. The maximum Gasteiger partial charge on any atom is 0.240 e. The lowest BCUT2D eigenvalue weighted by molar-refractivity contribution is -0.142. The molecule has 2 aliphatic heterocycles. The zero-order valence-corrected chi connectivity index (χ0v) is 14.6. The predicted molar refractivity (Wildman–Crippen MR) is 97.2 cm³/mol. The third-order valence-corrected chi connectivity index (χ3v) is 5.24. The predicted octanol–water partition coefficient (Wildman–Crippen LogP) is 2.45. The first-order chi connectivity index (χ1) is 12.3. The summed E-state index contributed by atoms with van der Waals surface area (Å²) in [5.74, 6) is 0.267. The van der Waals surface area contributed by atoms with Crippen LogP contribution in [0.3, 0.4) is 0 Å². The molecule has 25 heavy (non-hydrogen) atoms. The molecule has 5 nitrogen and oxygen atoms in total. The van der Waals surface area contributed by atoms with Gasteiger partial charge in [-0.25, -0.2) is 0 Å². The summed E-state index contributed by atoms with van der Waals surface area (Å²) >= 11 is 0. The standard InChI is InChI=1S/C20H25N3O2/c24-20(22-11-13-25-14-12-22)19-7-3-4-10-23(19)15-17-9-8-16-5-1-2-6-18(16)21-17/h1-2,5-6,8-9,19H,3-4,7,10-15H2/t19-/m0/s1. The van der Waals surface area contributed by atoms with E-state index in [9.17, 15) is 4.79 Å². The van der Waals surface area contributed by atoms with E-state index < -0.39 is 0 Å². The Kier molecular flexibility index (Phi) is 4.95. The van der Waals surface area contributed by atoms with E-state index in [1.807, 2.05) is 23.1 Å². The summed E-state index contributed by atoms with van der Waals surface area (Å²) in [7, 11) is 0. The molecule has 0 N–H and O–H groups in total. The maximum absolute atomic E-state index is 13.0. The van der Waals surface area contributed by atoms with Crippen LogP contribution in [0.5, 0.6) is 0 Å². The van der Waals surface area contributed by atoms with Gasteiger partial charge in [0, 0.05) is 25.0 Å². The van der Waals surface area contributed by atoms with Gasteiger partial charge in [-0.3, -0.25) is 14.7 Å². The molecule has 0 spiro atoms. The fourth-order valence-corrected chi connectivity index (χ4v) is 3.86. The average Bonchev–Trinajstić information content (AvgIpc) is 2.68. The number of carbonyl (C=O) groups excluding carboxylic acids is 1. The van der Waals surface area contributed by atoms with E-state index in [0.29, 0.717) is 13.2 Å². The minimum Gasteiger partial charge on any atom is -0.378 e. The topological polar surface area (TPSA) is 45.7 Å². The van der Waals surface area contributed by atoms with Gasteiger partial charge in [0.1, 0.15) is 0 Å². The highest BCUT2D eigenvalue weighted by Gasteiger charge is 2.32. The first kappa shape index (κ1) is 16.5. The monoisotopic (exact) mass is 339 g/mol. The van der Waals surface area contributed by atoms with E-state index >= 15 is 0 Å². The van der Waals surface area contributed by atoms with Crippen LogP contribution in [0.25, 0.3) is 10.9 Å². The zero-order valence-electron chi connectivity index (χ0n) is 14.6. The molecule has 0 bridgehead atoms. The highest BCUT2D eigenvalue weighted by molar-refractivity contribution is 5.82. The second-order valence-electron chi connectivity index (χ2n) is 6.92. The number of carbonyl (C=O) groups is 1. The first-order valence-corrected chi connectivity index (χ1v) is 9.26. The van der Waals surface area contributed by atoms with Crippen molar-refractivity contribution in [1.82, 2.24) is 14.8 Å². The maximum atomic E-state index is 13.0. The Balaban J connectivity index is 1.50. The summed E-state index contributed by atoms with van der Waals surface area (Å²) in [6, 6.07) is 12.4. The summed E-state index contributed by atoms with van der Waals surface area (Å²) in [5.41, 5.74) is 2.06. The molecule has 0 aliphatic carbocycles. The number of piperidine rings is 1. The van der Waals surface area contributed by atoms with Crippen LogP contribution in [0.2, 0.25) is 0 Å². The van der Waals surface area contributed by atoms with Gasteiger partial charge in [0.05, 0.1) is 30.5 Å². The number of benzene rings is 1. The van der Waals surface area contributed by atoms with Crippen molar-refractivity contribution in [3.63, 3.8) is 0 Å². The number of amides is 1. The molecule has 2 saturated heterocycles. The van der Waals surface area contributed by atoms with Crippen LogP contribution in [-0.4, -0.2) is 59.6 Å². The molecule has 1 atom stereocenters. The number of nitrogens with zero attached hydrogens (tertiary/aromatic N) is 3. The van der Waals surface area contributed by atoms with E-state index in [4.69, 9.17) is 9.72 Å². The summed E-state index contributed by atoms with van der Waals surface area (Å²) in [6.45, 7) is 4.46. The molecule has 3 heterocycles. The van der Waals surface area contributed by atoms with Gasteiger partial charge in [-0.05, 0) is 31.5 Å². The number of rotatable bonds is 3. The van der Waals surface area contributed by atoms with Crippen molar-refractivity contribution in [1.29, 1.82) is 0 Å². The van der Waals surface area contributed by atoms with Crippen LogP contribution < -0.4 is 0 Å². The Morgan fingerprint density at radius 2 is 1.92 bits per heavy atom. The number of likely N-dealkylation sites (tertiary alicyclic amines) is 1. The van der Waals surface area contributed by atoms with E-state index in [1.165, 1.54) is 0 Å². The minimum atomic E-state index is -0.0138. The normalized spacial score (nSPS) is 22.2. The number of pyridine rings is 1. The largest absolute Gasteiger partial charge is 0.378 e. The van der Waals surface area contributed by atoms with Crippen molar-refractivity contribution in [3.05, 3.63) is 42.1 Å². The molecule has 1 aromatic heterocycles. The van der Waals surface area contributed by atoms with Gasteiger partial charge in [-0.1, -0.05) is 30.7 Å². The molecular weight excluding hydrogens is 314 g/mol. The Hall–Kier alpha value is -1.98. The van der Waals surface area contributed by atoms with Crippen molar-refractivity contribution in [2.75, 3.05) is 32.8 Å². The van der Waals surface area contributed by atoms with Crippen LogP contribution >= 0.6 is 0 Å². The Labute approximate surface area is 148 Å². The van der Waals surface area contributed by atoms with Crippen molar-refractivity contribution in [2.45, 2.75) is 31.8 Å². The van der Waals surface area contributed by atoms with Gasteiger partial charge in [-0.2, -0.15) is 0 Å². The van der Waals surface area contributed by atoms with Crippen LogP contribution in [0.15, 0.2) is 36.4 Å². The van der Waals surface area contributed by atoms with E-state index in [1.54, 1.807) is 0 Å². The van der Waals surface area contributed by atoms with Crippen LogP contribution in [0.4, 0.5) is 0 Å². The van der Waals surface area contributed by atoms with Gasteiger partial charge in [0.25, 0.3) is 0 Å². The van der Waals surface area contributed by atoms with Crippen LogP contribution in [-0.2, 0) is 16.1 Å². The minimum absolute atomic E-state index is 0.0138. The Morgan fingerprint density at radius 1 is 1.08 bits per heavy atom. The molecule has 1 amide bonds. The molecule has 1 aromatic carbocycles. The highest BCUT2D eigenvalue weighted by atomic mass is 16.5. The average molecular weight is 339 g/mol. The van der Waals surface area contributed by atoms with E-state index in [-0.39, 0.29) is 11.9 Å². The van der Waals surface area contributed by atoms with E-state index in [2.05, 4.69) is 23.1 Å². The quantitative estimate of drug-likeness (QED) is 0.862. The Bertz CT molecular complexity index is 743. The molecule has 5 heteroatoms. The van der Waals surface area contributed by atoms with Crippen molar-refractivity contribution in [2.24, 2.45) is 0 Å². The summed E-state index contributed by atoms with van der Waals surface area (Å²) in [6.07, 6.45) is 3.23. The van der Waals surface area contributed by atoms with Crippen LogP contribution in [0, 0.1) is 0 Å². The van der Waals surface area contributed by atoms with Crippen molar-refractivity contribution < 1.29 is 9.53 Å². The van der Waals surface area contributed by atoms with E-state index in [0.717, 1.165) is 62.0 Å². The molecular formula is C20H25N3O2. The lowest BCUT2D eigenvalue weighted by Crippen LogP contribution is -2.53. The van der Waals surface area contributed by atoms with Gasteiger partial charge in [-0.15, -0.1) is 0 Å². The summed E-state index contributed by atoms with van der Waals surface area (Å²) in [5, 5.41) is 1.16. The molecule has 2 fully saturated rings. The summed E-state index contributed by atoms with van der Waals surface area (Å²) in [4.78, 5) is 22.1. The highest BCUT2D eigenvalue weighted by Crippen LogP contribution is 2.22. The first-order valence-electron chi connectivity index (χ1n) is 9.26. The lowest BCUT2D eigenvalue weighted by Gasteiger charge is -2.38. The Morgan fingerprint density at radius 3 is 2.80 bits per heavy atom. The fourth-order valence-electron chi connectivity index (χ4n) is 3.86. The van der Waals surface area contributed by atoms with Gasteiger partial charge >= 0.3 is 0 Å². The lowest BCUT2D eigenvalue weighted by atomic mass is 10.00. The van der Waals surface area contributed by atoms with Gasteiger partial charge in [0.15, 0.2) is 0 Å². The molecule has 0 saturated carbocycles. The number of hydrogen-bond acceptors (Lipinski definition) is 4. The number of hydrogen-bond donors (Lipinski definition) is 0. The molecule has 2 aliphatic rings. The number of para-hydroxylation sites is 1. The smallest absolute Gasteiger partial charge is 0.240 e. The van der Waals surface area contributed by atoms with Gasteiger partial charge in [0.2, 0.25) is 5.91 Å². The molecule has 132 valence electrons. The number of ether oxygens (including phenoxy) is 1. The molecule has 0 radical (unpaired) electrons. The van der Waals surface area contributed by atoms with Gasteiger partial charge < -0.3 is 9.64 Å². The summed E-state index contributed by atoms with van der Waals surface area (Å²) < 4.78 is 5.38. The van der Waals surface area contributed by atoms with Crippen molar-refractivity contribution in [3.8, 4) is 0 Å². The third-order valence-electron chi connectivity index (χ3n) is 5.24. The second-order valence-corrected chi connectivity index (χ2v) is 6.92. The number of aromatic nitrogens is 1. The number of morpholine rings is 1. The fraction of sp³-hybridized carbons (Fsp3) is 0.500. The molecule has 4 rings (SSSR count). The SMILES string of the molecule is O=C([C@@H]1CCCCN1Cc1ccc2ccccc2n1)N1CCOCC1. The van der Waals surface area contributed by atoms with Crippen molar-refractivity contribution >= 4 is 16.8 Å².